The molecule has 0 radical (unpaired) electrons. The van der Waals surface area contributed by atoms with Crippen LogP contribution in [-0.2, 0) is 0 Å². The summed E-state index contributed by atoms with van der Waals surface area (Å²) in [5, 5.41) is 0. The van der Waals surface area contributed by atoms with Gasteiger partial charge < -0.3 is 5.73 Å². The van der Waals surface area contributed by atoms with E-state index in [1.165, 1.54) is 0 Å². The Balaban J connectivity index is 2.37. The molecule has 0 saturated heterocycles. The lowest BCUT2D eigenvalue weighted by molar-refractivity contribution is 0.860. The molecule has 1 aromatic carbocycles. The van der Waals surface area contributed by atoms with Gasteiger partial charge in [0, 0.05) is 11.4 Å². The number of nitrogens with zero attached hydrogens (tertiary/aromatic N) is 1. The molecule has 2 nitrogen and oxygen atoms in total. The van der Waals surface area contributed by atoms with Crippen molar-refractivity contribution in [1.29, 1.82) is 0 Å². The predicted octanol–water partition coefficient (Wildman–Crippen LogP) is 2.75. The zero-order chi connectivity index (χ0) is 11.5. The summed E-state index contributed by atoms with van der Waals surface area (Å²) in [4.78, 5) is 4.35. The van der Waals surface area contributed by atoms with Gasteiger partial charge in [0.25, 0.3) is 0 Å². The molecule has 1 atom stereocenters. The second-order valence-electron chi connectivity index (χ2n) is 4.07. The standard InChI is InChI=1S/C14H16N2/c1-10-8-13(9-11(2)16-10)14(15)12-6-4-3-5-7-12/h3-9,14H,15H2,1-2H3. The van der Waals surface area contributed by atoms with E-state index in [4.69, 9.17) is 5.73 Å². The second-order valence-corrected chi connectivity index (χ2v) is 4.07. The highest BCUT2D eigenvalue weighted by Gasteiger charge is 2.09. The van der Waals surface area contributed by atoms with E-state index in [2.05, 4.69) is 17.1 Å². The van der Waals surface area contributed by atoms with Crippen LogP contribution in [0.5, 0.6) is 0 Å². The van der Waals surface area contributed by atoms with Gasteiger partial charge in [0.15, 0.2) is 0 Å². The largest absolute Gasteiger partial charge is 0.320 e. The van der Waals surface area contributed by atoms with Crippen LogP contribution >= 0.6 is 0 Å². The summed E-state index contributed by atoms with van der Waals surface area (Å²) in [5.74, 6) is 0. The average Bonchev–Trinajstić information content (AvgIpc) is 2.28. The van der Waals surface area contributed by atoms with Crippen LogP contribution in [-0.4, -0.2) is 4.98 Å². The summed E-state index contributed by atoms with van der Waals surface area (Å²) in [6.07, 6.45) is 0. The van der Waals surface area contributed by atoms with Crippen molar-refractivity contribution in [2.45, 2.75) is 19.9 Å². The lowest BCUT2D eigenvalue weighted by atomic mass is 9.99. The number of pyridine rings is 1. The molecule has 2 aromatic rings. The fraction of sp³-hybridized carbons (Fsp3) is 0.214. The lowest BCUT2D eigenvalue weighted by Gasteiger charge is -2.13. The predicted molar refractivity (Wildman–Crippen MR) is 66.2 cm³/mol. The fourth-order valence-corrected chi connectivity index (χ4v) is 1.90. The van der Waals surface area contributed by atoms with E-state index in [1.54, 1.807) is 0 Å². The van der Waals surface area contributed by atoms with Crippen LogP contribution in [0.4, 0.5) is 0 Å². The molecule has 0 aliphatic heterocycles. The highest BCUT2D eigenvalue weighted by Crippen LogP contribution is 2.20. The number of nitrogens with two attached hydrogens (primary N) is 1. The molecule has 1 heterocycles. The van der Waals surface area contributed by atoms with Gasteiger partial charge in [-0.25, -0.2) is 0 Å². The molecule has 0 aliphatic carbocycles. The lowest BCUT2D eigenvalue weighted by Crippen LogP contribution is -2.12. The Morgan fingerprint density at radius 1 is 0.938 bits per heavy atom. The van der Waals surface area contributed by atoms with Crippen LogP contribution in [0.2, 0.25) is 0 Å². The number of rotatable bonds is 2. The first-order valence-corrected chi connectivity index (χ1v) is 5.42. The molecule has 0 fully saturated rings. The van der Waals surface area contributed by atoms with E-state index in [-0.39, 0.29) is 6.04 Å². The number of hydrogen-bond acceptors (Lipinski definition) is 2. The fourth-order valence-electron chi connectivity index (χ4n) is 1.90. The smallest absolute Gasteiger partial charge is 0.0552 e. The Morgan fingerprint density at radius 3 is 2.06 bits per heavy atom. The van der Waals surface area contributed by atoms with Crippen molar-refractivity contribution in [3.8, 4) is 0 Å². The van der Waals surface area contributed by atoms with Gasteiger partial charge in [-0.2, -0.15) is 0 Å². The van der Waals surface area contributed by atoms with Gasteiger partial charge in [-0.15, -0.1) is 0 Å². The van der Waals surface area contributed by atoms with E-state index in [0.717, 1.165) is 22.5 Å². The second kappa shape index (κ2) is 4.45. The van der Waals surface area contributed by atoms with Gasteiger partial charge in [0.05, 0.1) is 6.04 Å². The van der Waals surface area contributed by atoms with Crippen LogP contribution in [0.1, 0.15) is 28.6 Å². The minimum Gasteiger partial charge on any atom is -0.320 e. The summed E-state index contributed by atoms with van der Waals surface area (Å²) in [7, 11) is 0. The normalized spacial score (nSPS) is 12.4. The number of aryl methyl sites for hydroxylation is 2. The first-order valence-electron chi connectivity index (χ1n) is 5.42. The van der Waals surface area contributed by atoms with Gasteiger partial charge in [-0.1, -0.05) is 30.3 Å². The molecule has 82 valence electrons. The molecule has 0 aliphatic rings. The van der Waals surface area contributed by atoms with E-state index in [1.807, 2.05) is 44.2 Å². The van der Waals surface area contributed by atoms with Gasteiger partial charge in [-0.05, 0) is 37.1 Å². The van der Waals surface area contributed by atoms with Gasteiger partial charge in [0.2, 0.25) is 0 Å². The quantitative estimate of drug-likeness (QED) is 0.831. The van der Waals surface area contributed by atoms with E-state index >= 15 is 0 Å². The van der Waals surface area contributed by atoms with Crippen LogP contribution in [0.15, 0.2) is 42.5 Å². The zero-order valence-corrected chi connectivity index (χ0v) is 9.64. The third kappa shape index (κ3) is 2.28. The molecule has 16 heavy (non-hydrogen) atoms. The maximum atomic E-state index is 6.23. The number of hydrogen-bond donors (Lipinski definition) is 1. The molecule has 0 spiro atoms. The Morgan fingerprint density at radius 2 is 1.50 bits per heavy atom. The third-order valence-electron chi connectivity index (χ3n) is 2.62. The summed E-state index contributed by atoms with van der Waals surface area (Å²) < 4.78 is 0. The highest BCUT2D eigenvalue weighted by atomic mass is 14.7. The average molecular weight is 212 g/mol. The maximum Gasteiger partial charge on any atom is 0.0552 e. The first kappa shape index (κ1) is 10.8. The third-order valence-corrected chi connectivity index (χ3v) is 2.62. The van der Waals surface area contributed by atoms with Crippen LogP contribution in [0.3, 0.4) is 0 Å². The van der Waals surface area contributed by atoms with E-state index < -0.39 is 0 Å². The first-order chi connectivity index (χ1) is 7.66. The molecule has 0 bridgehead atoms. The Labute approximate surface area is 96.1 Å². The molecule has 2 heteroatoms. The molecule has 0 saturated carbocycles. The molecule has 0 amide bonds. The van der Waals surface area contributed by atoms with Crippen molar-refractivity contribution in [3.63, 3.8) is 0 Å². The molecular formula is C14H16N2. The van der Waals surface area contributed by atoms with Gasteiger partial charge in [-0.3, -0.25) is 4.98 Å². The van der Waals surface area contributed by atoms with Gasteiger partial charge in [0.1, 0.15) is 0 Å². The van der Waals surface area contributed by atoms with Crippen molar-refractivity contribution < 1.29 is 0 Å². The molecule has 1 aromatic heterocycles. The van der Waals surface area contributed by atoms with E-state index in [0.29, 0.717) is 0 Å². The summed E-state index contributed by atoms with van der Waals surface area (Å²) in [6, 6.07) is 14.1. The minimum absolute atomic E-state index is 0.0680. The SMILES string of the molecule is Cc1cc(C(N)c2ccccc2)cc(C)n1. The van der Waals surface area contributed by atoms with Crippen molar-refractivity contribution in [2.24, 2.45) is 5.73 Å². The Bertz CT molecular complexity index is 457. The van der Waals surface area contributed by atoms with E-state index in [9.17, 15) is 0 Å². The summed E-state index contributed by atoms with van der Waals surface area (Å²) in [6.45, 7) is 3.99. The zero-order valence-electron chi connectivity index (χ0n) is 9.64. The van der Waals surface area contributed by atoms with Crippen molar-refractivity contribution in [3.05, 3.63) is 65.0 Å². The molecular weight excluding hydrogens is 196 g/mol. The molecule has 2 rings (SSSR count). The molecule has 1 unspecified atom stereocenters. The van der Waals surface area contributed by atoms with Crippen LogP contribution < -0.4 is 5.73 Å². The summed E-state index contributed by atoms with van der Waals surface area (Å²) >= 11 is 0. The topological polar surface area (TPSA) is 38.9 Å². The minimum atomic E-state index is -0.0680. The van der Waals surface area contributed by atoms with Crippen molar-refractivity contribution in [2.75, 3.05) is 0 Å². The molecule has 2 N–H and O–H groups in total. The van der Waals surface area contributed by atoms with Crippen molar-refractivity contribution in [1.82, 2.24) is 4.98 Å². The highest BCUT2D eigenvalue weighted by molar-refractivity contribution is 5.32. The van der Waals surface area contributed by atoms with Crippen LogP contribution in [0.25, 0.3) is 0 Å². The maximum absolute atomic E-state index is 6.23. The van der Waals surface area contributed by atoms with Gasteiger partial charge >= 0.3 is 0 Å². The van der Waals surface area contributed by atoms with Crippen LogP contribution in [0, 0.1) is 13.8 Å². The number of aromatic nitrogens is 1. The Hall–Kier alpha value is -1.67. The number of benzene rings is 1. The van der Waals surface area contributed by atoms with Crippen molar-refractivity contribution >= 4 is 0 Å². The summed E-state index contributed by atoms with van der Waals surface area (Å²) in [5.41, 5.74) is 10.5. The Kier molecular flexibility index (Phi) is 3.02. The monoisotopic (exact) mass is 212 g/mol.